The van der Waals surface area contributed by atoms with E-state index in [4.69, 9.17) is 0 Å². The molecule has 9 heteroatoms. The van der Waals surface area contributed by atoms with E-state index in [9.17, 15) is 21.6 Å². The maximum absolute atomic E-state index is 12.8. The van der Waals surface area contributed by atoms with Gasteiger partial charge in [0, 0.05) is 38.4 Å². The van der Waals surface area contributed by atoms with Crippen LogP contribution >= 0.6 is 0 Å². The summed E-state index contributed by atoms with van der Waals surface area (Å²) < 4.78 is 61.4. The molecule has 3 heterocycles. The zero-order valence-electron chi connectivity index (χ0n) is 12.5. The van der Waals surface area contributed by atoms with Crippen molar-refractivity contribution in [1.29, 1.82) is 0 Å². The summed E-state index contributed by atoms with van der Waals surface area (Å²) in [6.07, 6.45) is -2.56. The van der Waals surface area contributed by atoms with Crippen LogP contribution in [0.15, 0.2) is 18.3 Å². The van der Waals surface area contributed by atoms with Gasteiger partial charge < -0.3 is 4.90 Å². The molecule has 0 spiro atoms. The van der Waals surface area contributed by atoms with Gasteiger partial charge >= 0.3 is 6.18 Å². The predicted octanol–water partition coefficient (Wildman–Crippen LogP) is 1.41. The highest BCUT2D eigenvalue weighted by Gasteiger charge is 2.34. The van der Waals surface area contributed by atoms with E-state index >= 15 is 0 Å². The van der Waals surface area contributed by atoms with Crippen LogP contribution in [-0.2, 0) is 16.0 Å². The molecule has 0 bridgehead atoms. The van der Waals surface area contributed by atoms with Gasteiger partial charge in [0.15, 0.2) is 9.84 Å². The van der Waals surface area contributed by atoms with Gasteiger partial charge in [-0.2, -0.15) is 13.2 Å². The number of hydrogen-bond acceptors (Lipinski definition) is 5. The minimum absolute atomic E-state index is 0.0385. The number of rotatable bonds is 2. The Hall–Kier alpha value is -1.35. The summed E-state index contributed by atoms with van der Waals surface area (Å²) >= 11 is 0. The van der Waals surface area contributed by atoms with E-state index < -0.39 is 21.6 Å². The average Bonchev–Trinajstić information content (AvgIpc) is 2.87. The zero-order chi connectivity index (χ0) is 16.7. The minimum Gasteiger partial charge on any atom is -0.354 e. The fourth-order valence-corrected chi connectivity index (χ4v) is 4.91. The number of anilines is 1. The van der Waals surface area contributed by atoms with E-state index in [0.717, 1.165) is 12.1 Å². The second-order valence-corrected chi connectivity index (χ2v) is 8.21. The van der Waals surface area contributed by atoms with Crippen molar-refractivity contribution in [2.45, 2.75) is 18.6 Å². The van der Waals surface area contributed by atoms with Crippen molar-refractivity contribution in [3.05, 3.63) is 23.9 Å². The fraction of sp³-hybridized carbons (Fsp3) is 0.643. The summed E-state index contributed by atoms with van der Waals surface area (Å²) in [4.78, 5) is 7.97. The van der Waals surface area contributed by atoms with Crippen molar-refractivity contribution >= 4 is 15.7 Å². The highest BCUT2D eigenvalue weighted by molar-refractivity contribution is 7.91. The van der Waals surface area contributed by atoms with Crippen LogP contribution in [-0.4, -0.2) is 62.0 Å². The number of aromatic nitrogens is 1. The monoisotopic (exact) mass is 349 g/mol. The Morgan fingerprint density at radius 3 is 2.43 bits per heavy atom. The Bertz CT molecular complexity index is 670. The van der Waals surface area contributed by atoms with E-state index in [1.807, 2.05) is 4.90 Å². The van der Waals surface area contributed by atoms with Gasteiger partial charge in [0.2, 0.25) is 0 Å². The number of nitrogens with zero attached hydrogens (tertiary/aromatic N) is 3. The first-order valence-electron chi connectivity index (χ1n) is 7.47. The summed E-state index contributed by atoms with van der Waals surface area (Å²) in [6.45, 7) is 2.37. The summed E-state index contributed by atoms with van der Waals surface area (Å²) in [7, 11) is -2.93. The van der Waals surface area contributed by atoms with Crippen molar-refractivity contribution in [1.82, 2.24) is 9.88 Å². The Morgan fingerprint density at radius 1 is 1.17 bits per heavy atom. The maximum Gasteiger partial charge on any atom is 0.416 e. The van der Waals surface area contributed by atoms with Crippen molar-refractivity contribution in [2.24, 2.45) is 0 Å². The number of halogens is 3. The first-order chi connectivity index (χ1) is 10.7. The Kier molecular flexibility index (Phi) is 4.26. The highest BCUT2D eigenvalue weighted by Crippen LogP contribution is 2.31. The van der Waals surface area contributed by atoms with Crippen LogP contribution in [0.4, 0.5) is 19.0 Å². The first-order valence-corrected chi connectivity index (χ1v) is 9.29. The first kappa shape index (κ1) is 16.5. The number of sulfone groups is 1. The second-order valence-electron chi connectivity index (χ2n) is 5.98. The van der Waals surface area contributed by atoms with Crippen molar-refractivity contribution in [3.63, 3.8) is 0 Å². The quantitative estimate of drug-likeness (QED) is 0.808. The molecular formula is C14H18F3N3O2S. The largest absolute Gasteiger partial charge is 0.416 e. The summed E-state index contributed by atoms with van der Waals surface area (Å²) in [5.41, 5.74) is -0.702. The van der Waals surface area contributed by atoms with Gasteiger partial charge in [0.05, 0.1) is 17.1 Å². The van der Waals surface area contributed by atoms with Crippen LogP contribution < -0.4 is 4.90 Å². The van der Waals surface area contributed by atoms with Gasteiger partial charge in [-0.05, 0) is 18.6 Å². The Balaban J connectivity index is 1.63. The Morgan fingerprint density at radius 2 is 1.87 bits per heavy atom. The summed E-state index contributed by atoms with van der Waals surface area (Å²) in [5.74, 6) is 0.737. The third-order valence-corrected chi connectivity index (χ3v) is 6.19. The van der Waals surface area contributed by atoms with Crippen molar-refractivity contribution in [3.8, 4) is 0 Å². The zero-order valence-corrected chi connectivity index (χ0v) is 13.3. The van der Waals surface area contributed by atoms with Crippen molar-refractivity contribution < 1.29 is 21.6 Å². The third-order valence-electron chi connectivity index (χ3n) is 4.44. The van der Waals surface area contributed by atoms with E-state index in [0.29, 0.717) is 38.4 Å². The molecule has 2 fully saturated rings. The van der Waals surface area contributed by atoms with Crippen molar-refractivity contribution in [2.75, 3.05) is 42.6 Å². The molecule has 0 aromatic carbocycles. The van der Waals surface area contributed by atoms with Gasteiger partial charge in [-0.15, -0.1) is 0 Å². The van der Waals surface area contributed by atoms with Gasteiger partial charge in [-0.1, -0.05) is 0 Å². The second kappa shape index (κ2) is 5.94. The van der Waals surface area contributed by atoms with Crippen LogP contribution in [0.2, 0.25) is 0 Å². The lowest BCUT2D eigenvalue weighted by Gasteiger charge is -2.38. The molecular weight excluding hydrogens is 331 g/mol. The molecule has 1 atom stereocenters. The molecule has 0 aliphatic carbocycles. The minimum atomic E-state index is -4.38. The van der Waals surface area contributed by atoms with E-state index in [1.54, 1.807) is 0 Å². The lowest BCUT2D eigenvalue weighted by Crippen LogP contribution is -2.51. The van der Waals surface area contributed by atoms with E-state index in [-0.39, 0.29) is 17.5 Å². The average molecular weight is 349 g/mol. The summed E-state index contributed by atoms with van der Waals surface area (Å²) in [5, 5.41) is 0. The van der Waals surface area contributed by atoms with Crippen LogP contribution in [0.1, 0.15) is 12.0 Å². The SMILES string of the molecule is O=S1(=O)CC[C@@H](N2CCN(c3cc(C(F)(F)F)ccn3)CC2)C1. The third kappa shape index (κ3) is 3.77. The van der Waals surface area contributed by atoms with Crippen LogP contribution in [0.5, 0.6) is 0 Å². The number of piperazine rings is 1. The Labute approximate surface area is 133 Å². The topological polar surface area (TPSA) is 53.5 Å². The van der Waals surface area contributed by atoms with Gasteiger partial charge in [0.1, 0.15) is 5.82 Å². The lowest BCUT2D eigenvalue weighted by atomic mass is 10.2. The van der Waals surface area contributed by atoms with Gasteiger partial charge in [-0.25, -0.2) is 13.4 Å². The van der Waals surface area contributed by atoms with Crippen LogP contribution in [0, 0.1) is 0 Å². The molecule has 0 amide bonds. The molecule has 2 aliphatic heterocycles. The molecule has 2 aliphatic rings. The number of hydrogen-bond donors (Lipinski definition) is 0. The molecule has 1 aromatic rings. The molecule has 0 unspecified atom stereocenters. The molecule has 0 N–H and O–H groups in total. The molecule has 0 saturated carbocycles. The van der Waals surface area contributed by atoms with E-state index in [2.05, 4.69) is 9.88 Å². The molecule has 128 valence electrons. The number of alkyl halides is 3. The molecule has 3 rings (SSSR count). The highest BCUT2D eigenvalue weighted by atomic mass is 32.2. The fourth-order valence-electron chi connectivity index (χ4n) is 3.15. The smallest absolute Gasteiger partial charge is 0.354 e. The van der Waals surface area contributed by atoms with Crippen LogP contribution in [0.25, 0.3) is 0 Å². The molecule has 2 saturated heterocycles. The predicted molar refractivity (Wildman–Crippen MR) is 80.1 cm³/mol. The molecule has 5 nitrogen and oxygen atoms in total. The molecule has 23 heavy (non-hydrogen) atoms. The van der Waals surface area contributed by atoms with Crippen LogP contribution in [0.3, 0.4) is 0 Å². The molecule has 1 aromatic heterocycles. The van der Waals surface area contributed by atoms with E-state index in [1.165, 1.54) is 6.20 Å². The molecule has 0 radical (unpaired) electrons. The number of pyridine rings is 1. The normalized spacial score (nSPS) is 25.7. The maximum atomic E-state index is 12.8. The standard InChI is InChI=1S/C14H18F3N3O2S/c15-14(16,17)11-1-3-18-13(9-11)20-6-4-19(5-7-20)12-2-8-23(21,22)10-12/h1,3,9,12H,2,4-8,10H2/t12-/m1/s1. The van der Waals surface area contributed by atoms with Gasteiger partial charge in [0.25, 0.3) is 0 Å². The van der Waals surface area contributed by atoms with Gasteiger partial charge in [-0.3, -0.25) is 4.90 Å². The summed E-state index contributed by atoms with van der Waals surface area (Å²) in [6, 6.07) is 2.07. The lowest BCUT2D eigenvalue weighted by molar-refractivity contribution is -0.137.